The monoisotopic (exact) mass is 421 g/mol. The van der Waals surface area contributed by atoms with Crippen molar-refractivity contribution in [3.63, 3.8) is 0 Å². The van der Waals surface area contributed by atoms with E-state index >= 15 is 0 Å². The van der Waals surface area contributed by atoms with Gasteiger partial charge in [0, 0.05) is 38.8 Å². The van der Waals surface area contributed by atoms with Crippen molar-refractivity contribution in [2.45, 2.75) is 13.2 Å². The zero-order valence-corrected chi connectivity index (χ0v) is 17.0. The number of amides is 1. The molecule has 160 valence electrons. The first-order valence-corrected chi connectivity index (χ1v) is 10.1. The van der Waals surface area contributed by atoms with Gasteiger partial charge in [0.15, 0.2) is 11.5 Å². The molecule has 1 fully saturated rings. The maximum atomic E-state index is 12.8. The van der Waals surface area contributed by atoms with Crippen molar-refractivity contribution in [1.82, 2.24) is 9.80 Å². The molecule has 8 nitrogen and oxygen atoms in total. The Morgan fingerprint density at radius 2 is 1.68 bits per heavy atom. The second kappa shape index (κ2) is 9.44. The molecule has 0 aliphatic carbocycles. The van der Waals surface area contributed by atoms with E-state index in [9.17, 15) is 14.9 Å². The number of para-hydroxylation sites is 2. The molecule has 1 aromatic heterocycles. The molecular formula is C23H23N3O5. The van der Waals surface area contributed by atoms with Gasteiger partial charge in [-0.3, -0.25) is 19.8 Å². The molecule has 1 aliphatic heterocycles. The largest absolute Gasteiger partial charge is 0.479 e. The highest BCUT2D eigenvalue weighted by Gasteiger charge is 2.24. The minimum absolute atomic E-state index is 0.00296. The molecular weight excluding hydrogens is 398 g/mol. The zero-order valence-electron chi connectivity index (χ0n) is 17.0. The maximum absolute atomic E-state index is 12.8. The van der Waals surface area contributed by atoms with Crippen molar-refractivity contribution in [2.75, 3.05) is 26.2 Å². The standard InChI is InChI=1S/C23H23N3O5/c27-23(25-14-12-24(13-15-25)16-18-6-2-1-3-7-18)22-11-10-19(31-22)17-30-21-9-5-4-8-20(21)26(28)29/h1-11H,12-17H2. The van der Waals surface area contributed by atoms with Crippen LogP contribution >= 0.6 is 0 Å². The summed E-state index contributed by atoms with van der Waals surface area (Å²) in [7, 11) is 0. The van der Waals surface area contributed by atoms with E-state index in [0.29, 0.717) is 18.8 Å². The van der Waals surface area contributed by atoms with Gasteiger partial charge in [-0.15, -0.1) is 0 Å². The van der Waals surface area contributed by atoms with Crippen molar-refractivity contribution >= 4 is 11.6 Å². The lowest BCUT2D eigenvalue weighted by Gasteiger charge is -2.34. The van der Waals surface area contributed by atoms with Gasteiger partial charge < -0.3 is 14.1 Å². The normalized spacial score (nSPS) is 14.4. The number of nitrogens with zero attached hydrogens (tertiary/aromatic N) is 3. The van der Waals surface area contributed by atoms with E-state index < -0.39 is 4.92 Å². The van der Waals surface area contributed by atoms with Gasteiger partial charge in [-0.2, -0.15) is 0 Å². The van der Waals surface area contributed by atoms with Crippen LogP contribution in [0.1, 0.15) is 21.9 Å². The van der Waals surface area contributed by atoms with Crippen LogP contribution in [-0.4, -0.2) is 46.8 Å². The minimum atomic E-state index is -0.496. The van der Waals surface area contributed by atoms with Gasteiger partial charge in [-0.25, -0.2) is 0 Å². The third-order valence-electron chi connectivity index (χ3n) is 5.21. The molecule has 0 bridgehead atoms. The van der Waals surface area contributed by atoms with Crippen LogP contribution in [0.2, 0.25) is 0 Å². The number of hydrogen-bond donors (Lipinski definition) is 0. The SMILES string of the molecule is O=C(c1ccc(COc2ccccc2[N+](=O)[O-])o1)N1CCN(Cc2ccccc2)CC1. The Balaban J connectivity index is 1.30. The van der Waals surface area contributed by atoms with Crippen molar-refractivity contribution < 1.29 is 18.9 Å². The molecule has 2 aromatic carbocycles. The van der Waals surface area contributed by atoms with Gasteiger partial charge in [0.2, 0.25) is 0 Å². The fourth-order valence-corrected chi connectivity index (χ4v) is 3.56. The number of furan rings is 1. The quantitative estimate of drug-likeness (QED) is 0.427. The summed E-state index contributed by atoms with van der Waals surface area (Å²) in [6.07, 6.45) is 0. The molecule has 1 saturated heterocycles. The maximum Gasteiger partial charge on any atom is 0.310 e. The molecule has 0 N–H and O–H groups in total. The highest BCUT2D eigenvalue weighted by Crippen LogP contribution is 2.27. The summed E-state index contributed by atoms with van der Waals surface area (Å²) in [4.78, 5) is 27.5. The number of nitro benzene ring substituents is 1. The molecule has 2 heterocycles. The number of piperazine rings is 1. The summed E-state index contributed by atoms with van der Waals surface area (Å²) in [6, 6.07) is 19.7. The first-order chi connectivity index (χ1) is 15.1. The summed E-state index contributed by atoms with van der Waals surface area (Å²) in [6.45, 7) is 3.74. The molecule has 8 heteroatoms. The molecule has 31 heavy (non-hydrogen) atoms. The first kappa shape index (κ1) is 20.6. The number of benzene rings is 2. The summed E-state index contributed by atoms with van der Waals surface area (Å²) in [5.74, 6) is 0.685. The minimum Gasteiger partial charge on any atom is -0.479 e. The van der Waals surface area contributed by atoms with Gasteiger partial charge in [0.1, 0.15) is 12.4 Å². The number of rotatable bonds is 7. The molecule has 0 saturated carbocycles. The molecule has 0 unspecified atom stereocenters. The number of ether oxygens (including phenoxy) is 1. The predicted octanol–water partition coefficient (Wildman–Crippen LogP) is 3.72. The highest BCUT2D eigenvalue weighted by molar-refractivity contribution is 5.91. The fraction of sp³-hybridized carbons (Fsp3) is 0.261. The van der Waals surface area contributed by atoms with Crippen molar-refractivity contribution in [1.29, 1.82) is 0 Å². The molecule has 0 spiro atoms. The third-order valence-corrected chi connectivity index (χ3v) is 5.21. The Morgan fingerprint density at radius 1 is 0.968 bits per heavy atom. The van der Waals surface area contributed by atoms with E-state index in [4.69, 9.17) is 9.15 Å². The van der Waals surface area contributed by atoms with Crippen LogP contribution in [0.4, 0.5) is 5.69 Å². The lowest BCUT2D eigenvalue weighted by Crippen LogP contribution is -2.48. The van der Waals surface area contributed by atoms with Gasteiger partial charge in [-0.1, -0.05) is 42.5 Å². The second-order valence-electron chi connectivity index (χ2n) is 7.33. The first-order valence-electron chi connectivity index (χ1n) is 10.1. The Labute approximate surface area is 179 Å². The Bertz CT molecular complexity index is 1040. The number of carbonyl (C=O) groups excluding carboxylic acids is 1. The zero-order chi connectivity index (χ0) is 21.6. The average molecular weight is 421 g/mol. The van der Waals surface area contributed by atoms with Gasteiger partial charge >= 0.3 is 5.69 Å². The van der Waals surface area contributed by atoms with Gasteiger partial charge in [0.25, 0.3) is 5.91 Å². The van der Waals surface area contributed by atoms with E-state index in [1.165, 1.54) is 17.7 Å². The highest BCUT2D eigenvalue weighted by atomic mass is 16.6. The molecule has 1 aliphatic rings. The third kappa shape index (κ3) is 5.10. The van der Waals surface area contributed by atoms with E-state index in [1.807, 2.05) is 18.2 Å². The summed E-state index contributed by atoms with van der Waals surface area (Å²) in [5.41, 5.74) is 1.15. The van der Waals surface area contributed by atoms with Crippen LogP contribution in [0, 0.1) is 10.1 Å². The Hall–Kier alpha value is -3.65. The smallest absolute Gasteiger partial charge is 0.310 e. The number of hydrogen-bond acceptors (Lipinski definition) is 6. The van der Waals surface area contributed by atoms with Crippen LogP contribution < -0.4 is 4.74 Å². The van der Waals surface area contributed by atoms with Gasteiger partial charge in [-0.05, 0) is 23.8 Å². The average Bonchev–Trinajstić information content (AvgIpc) is 3.28. The van der Waals surface area contributed by atoms with Crippen molar-refractivity contribution in [2.24, 2.45) is 0 Å². The molecule has 1 amide bonds. The molecule has 4 rings (SSSR count). The van der Waals surface area contributed by atoms with Crippen LogP contribution in [0.3, 0.4) is 0 Å². The topological polar surface area (TPSA) is 89.1 Å². The fourth-order valence-electron chi connectivity index (χ4n) is 3.56. The summed E-state index contributed by atoms with van der Waals surface area (Å²) >= 11 is 0. The van der Waals surface area contributed by atoms with Crippen LogP contribution in [-0.2, 0) is 13.2 Å². The van der Waals surface area contributed by atoms with Crippen molar-refractivity contribution in [3.05, 3.63) is 93.9 Å². The number of nitro groups is 1. The van der Waals surface area contributed by atoms with Gasteiger partial charge in [0.05, 0.1) is 4.92 Å². The summed E-state index contributed by atoms with van der Waals surface area (Å²) < 4.78 is 11.2. The molecule has 3 aromatic rings. The molecule has 0 radical (unpaired) electrons. The van der Waals surface area contributed by atoms with Crippen LogP contribution in [0.5, 0.6) is 5.75 Å². The van der Waals surface area contributed by atoms with E-state index in [2.05, 4.69) is 17.0 Å². The number of carbonyl (C=O) groups is 1. The summed E-state index contributed by atoms with van der Waals surface area (Å²) in [5, 5.41) is 11.1. The van der Waals surface area contributed by atoms with Crippen molar-refractivity contribution in [3.8, 4) is 5.75 Å². The Kier molecular flexibility index (Phi) is 6.28. The van der Waals surface area contributed by atoms with Crippen LogP contribution in [0.15, 0.2) is 71.1 Å². The van der Waals surface area contributed by atoms with E-state index in [1.54, 1.807) is 29.2 Å². The Morgan fingerprint density at radius 3 is 2.42 bits per heavy atom. The predicted molar refractivity (Wildman–Crippen MR) is 114 cm³/mol. The lowest BCUT2D eigenvalue weighted by atomic mass is 10.2. The molecule has 0 atom stereocenters. The van der Waals surface area contributed by atoms with Crippen LogP contribution in [0.25, 0.3) is 0 Å². The van der Waals surface area contributed by atoms with E-state index in [-0.39, 0.29) is 29.7 Å². The lowest BCUT2D eigenvalue weighted by molar-refractivity contribution is -0.386. The second-order valence-corrected chi connectivity index (χ2v) is 7.33. The van der Waals surface area contributed by atoms with E-state index in [0.717, 1.165) is 19.6 Å².